The molecule has 1 saturated carbocycles. The normalized spacial score (nSPS) is 21.1. The zero-order chi connectivity index (χ0) is 17.0. The van der Waals surface area contributed by atoms with Crippen molar-refractivity contribution in [3.05, 3.63) is 24.3 Å². The van der Waals surface area contributed by atoms with E-state index < -0.39 is 0 Å². The zero-order valence-electron chi connectivity index (χ0n) is 14.1. The Hall–Kier alpha value is -2.08. The van der Waals surface area contributed by atoms with E-state index in [4.69, 9.17) is 4.74 Å². The molecule has 2 fully saturated rings. The summed E-state index contributed by atoms with van der Waals surface area (Å²) in [5.41, 5.74) is 0.889. The molecule has 6 heteroatoms. The molecule has 0 bridgehead atoms. The summed E-state index contributed by atoms with van der Waals surface area (Å²) in [4.78, 5) is 24.2. The fourth-order valence-electron chi connectivity index (χ4n) is 3.49. The zero-order valence-corrected chi connectivity index (χ0v) is 14.1. The topological polar surface area (TPSA) is 79.5 Å². The van der Waals surface area contributed by atoms with Crippen molar-refractivity contribution in [2.45, 2.75) is 26.2 Å². The molecule has 1 unspecified atom stereocenters. The first-order chi connectivity index (χ1) is 11.6. The van der Waals surface area contributed by atoms with Crippen LogP contribution >= 0.6 is 0 Å². The number of ether oxygens (including phenoxy) is 1. The molecule has 1 aliphatic heterocycles. The minimum Gasteiger partial charge on any atom is -0.494 e. The van der Waals surface area contributed by atoms with Crippen LogP contribution in [0, 0.1) is 11.3 Å². The van der Waals surface area contributed by atoms with E-state index in [9.17, 15) is 9.59 Å². The van der Waals surface area contributed by atoms with Crippen LogP contribution in [-0.4, -0.2) is 38.1 Å². The largest absolute Gasteiger partial charge is 0.494 e. The highest BCUT2D eigenvalue weighted by atomic mass is 16.5. The second-order valence-electron chi connectivity index (χ2n) is 6.59. The molecule has 1 saturated heterocycles. The van der Waals surface area contributed by atoms with Gasteiger partial charge in [0.15, 0.2) is 0 Å². The van der Waals surface area contributed by atoms with E-state index in [2.05, 4.69) is 16.0 Å². The van der Waals surface area contributed by atoms with E-state index in [1.165, 1.54) is 0 Å². The van der Waals surface area contributed by atoms with Crippen LogP contribution in [0.4, 0.5) is 5.69 Å². The van der Waals surface area contributed by atoms with Crippen LogP contribution in [0.15, 0.2) is 24.3 Å². The van der Waals surface area contributed by atoms with Gasteiger partial charge in [0.2, 0.25) is 11.8 Å². The van der Waals surface area contributed by atoms with E-state index in [0.717, 1.165) is 38.1 Å². The number of anilines is 1. The summed E-state index contributed by atoms with van der Waals surface area (Å²) in [6, 6.07) is 7.19. The van der Waals surface area contributed by atoms with Gasteiger partial charge < -0.3 is 20.7 Å². The molecule has 130 valence electrons. The molecule has 2 aliphatic rings. The number of amides is 2. The maximum atomic E-state index is 12.2. The first-order valence-corrected chi connectivity index (χ1v) is 8.64. The molecular formula is C18H25N3O3. The Balaban J connectivity index is 1.41. The number of benzene rings is 1. The van der Waals surface area contributed by atoms with Gasteiger partial charge in [0.25, 0.3) is 0 Å². The van der Waals surface area contributed by atoms with E-state index >= 15 is 0 Å². The van der Waals surface area contributed by atoms with Gasteiger partial charge in [0.1, 0.15) is 5.75 Å². The average Bonchev–Trinajstić information content (AvgIpc) is 3.28. The van der Waals surface area contributed by atoms with Gasteiger partial charge in [-0.1, -0.05) is 0 Å². The van der Waals surface area contributed by atoms with Gasteiger partial charge in [-0.3, -0.25) is 9.59 Å². The molecule has 0 radical (unpaired) electrons. The molecule has 0 aromatic heterocycles. The highest BCUT2D eigenvalue weighted by molar-refractivity contribution is 5.95. The summed E-state index contributed by atoms with van der Waals surface area (Å²) < 4.78 is 5.36. The average molecular weight is 331 g/mol. The Morgan fingerprint density at radius 2 is 1.96 bits per heavy atom. The summed E-state index contributed by atoms with van der Waals surface area (Å²) in [5, 5.41) is 8.87. The third-order valence-electron chi connectivity index (χ3n) is 4.98. The minimum absolute atomic E-state index is 0.0108. The summed E-state index contributed by atoms with van der Waals surface area (Å²) in [6.07, 6.45) is 3.08. The van der Waals surface area contributed by atoms with E-state index in [1.807, 2.05) is 19.1 Å². The van der Waals surface area contributed by atoms with Crippen molar-refractivity contribution in [3.8, 4) is 5.75 Å². The monoisotopic (exact) mass is 331 g/mol. The Morgan fingerprint density at radius 3 is 2.62 bits per heavy atom. The number of carbonyl (C=O) groups excluding carboxylic acids is 2. The quantitative estimate of drug-likeness (QED) is 0.739. The second kappa shape index (κ2) is 7.21. The fourth-order valence-corrected chi connectivity index (χ4v) is 3.49. The number of nitrogens with one attached hydrogen (secondary N) is 3. The van der Waals surface area contributed by atoms with Crippen LogP contribution in [0.3, 0.4) is 0 Å². The number of piperidine rings is 1. The molecule has 1 aromatic rings. The van der Waals surface area contributed by atoms with Crippen LogP contribution in [-0.2, 0) is 9.59 Å². The van der Waals surface area contributed by atoms with E-state index in [0.29, 0.717) is 12.3 Å². The number of hydrogen-bond acceptors (Lipinski definition) is 4. The summed E-state index contributed by atoms with van der Waals surface area (Å²) in [6.45, 7) is 4.52. The van der Waals surface area contributed by atoms with Crippen molar-refractivity contribution in [1.29, 1.82) is 0 Å². The first-order valence-electron chi connectivity index (χ1n) is 8.64. The van der Waals surface area contributed by atoms with Crippen LogP contribution < -0.4 is 20.7 Å². The Morgan fingerprint density at radius 1 is 1.25 bits per heavy atom. The molecule has 3 N–H and O–H groups in total. The molecule has 1 aromatic carbocycles. The van der Waals surface area contributed by atoms with Crippen LogP contribution in [0.1, 0.15) is 26.2 Å². The van der Waals surface area contributed by atoms with Crippen molar-refractivity contribution in [1.82, 2.24) is 10.6 Å². The Kier molecular flexibility index (Phi) is 5.04. The number of carbonyl (C=O) groups is 2. The molecule has 6 nitrogen and oxygen atoms in total. The fraction of sp³-hybridized carbons (Fsp3) is 0.556. The predicted octanol–water partition coefficient (Wildman–Crippen LogP) is 1.53. The van der Waals surface area contributed by atoms with Gasteiger partial charge in [-0.2, -0.15) is 0 Å². The maximum absolute atomic E-state index is 12.2. The van der Waals surface area contributed by atoms with E-state index in [-0.39, 0.29) is 29.7 Å². The highest BCUT2D eigenvalue weighted by Crippen LogP contribution is 2.58. The lowest BCUT2D eigenvalue weighted by molar-refractivity contribution is -0.125. The van der Waals surface area contributed by atoms with Crippen molar-refractivity contribution < 1.29 is 14.3 Å². The SMILES string of the molecule is CCOc1ccc(NC(=O)CNC(=O)C2CC23CCNCC3)cc1. The minimum atomic E-state index is -0.215. The second-order valence-corrected chi connectivity index (χ2v) is 6.59. The van der Waals surface area contributed by atoms with Crippen molar-refractivity contribution in [2.75, 3.05) is 31.6 Å². The number of hydrogen-bond donors (Lipinski definition) is 3. The Bertz CT molecular complexity index is 594. The standard InChI is InChI=1S/C18H25N3O3/c1-2-24-14-5-3-13(4-6-14)21-16(22)12-20-17(23)15-11-18(15)7-9-19-10-8-18/h3-6,15,19H,2,7-12H2,1H3,(H,20,23)(H,21,22). The number of rotatable bonds is 6. The van der Waals surface area contributed by atoms with Gasteiger partial charge in [0.05, 0.1) is 13.2 Å². The van der Waals surface area contributed by atoms with Gasteiger partial charge in [-0.15, -0.1) is 0 Å². The lowest BCUT2D eigenvalue weighted by Gasteiger charge is -2.23. The molecule has 3 rings (SSSR count). The van der Waals surface area contributed by atoms with Gasteiger partial charge in [-0.25, -0.2) is 0 Å². The first kappa shape index (κ1) is 16.8. The smallest absolute Gasteiger partial charge is 0.243 e. The maximum Gasteiger partial charge on any atom is 0.243 e. The Labute approximate surface area is 142 Å². The summed E-state index contributed by atoms with van der Waals surface area (Å²) >= 11 is 0. The van der Waals surface area contributed by atoms with Gasteiger partial charge in [0, 0.05) is 11.6 Å². The molecule has 2 amide bonds. The molecule has 1 spiro atoms. The van der Waals surface area contributed by atoms with Crippen molar-refractivity contribution in [3.63, 3.8) is 0 Å². The molecule has 1 aliphatic carbocycles. The molecule has 1 heterocycles. The van der Waals surface area contributed by atoms with Crippen LogP contribution in [0.2, 0.25) is 0 Å². The molecule has 24 heavy (non-hydrogen) atoms. The lowest BCUT2D eigenvalue weighted by atomic mass is 9.92. The molecular weight excluding hydrogens is 306 g/mol. The summed E-state index contributed by atoms with van der Waals surface area (Å²) in [7, 11) is 0. The predicted molar refractivity (Wildman–Crippen MR) is 91.9 cm³/mol. The lowest BCUT2D eigenvalue weighted by Crippen LogP contribution is -2.37. The van der Waals surface area contributed by atoms with Gasteiger partial charge >= 0.3 is 0 Å². The third kappa shape index (κ3) is 3.87. The van der Waals surface area contributed by atoms with Crippen molar-refractivity contribution >= 4 is 17.5 Å². The highest BCUT2D eigenvalue weighted by Gasteiger charge is 2.57. The third-order valence-corrected chi connectivity index (χ3v) is 4.98. The molecule has 1 atom stereocenters. The van der Waals surface area contributed by atoms with Gasteiger partial charge in [-0.05, 0) is 69.0 Å². The van der Waals surface area contributed by atoms with Crippen LogP contribution in [0.5, 0.6) is 5.75 Å². The summed E-state index contributed by atoms with van der Waals surface area (Å²) in [5.74, 6) is 0.647. The van der Waals surface area contributed by atoms with E-state index in [1.54, 1.807) is 12.1 Å². The van der Waals surface area contributed by atoms with Crippen LogP contribution in [0.25, 0.3) is 0 Å². The van der Waals surface area contributed by atoms with Crippen molar-refractivity contribution in [2.24, 2.45) is 11.3 Å².